The van der Waals surface area contributed by atoms with Gasteiger partial charge in [0.2, 0.25) is 0 Å². The molecule has 1 atom stereocenters. The first-order valence-corrected chi connectivity index (χ1v) is 6.21. The van der Waals surface area contributed by atoms with Gasteiger partial charge in [-0.3, -0.25) is 9.88 Å². The Morgan fingerprint density at radius 2 is 2.54 bits per heavy atom. The Bertz CT molecular complexity index is 238. The first-order valence-electron chi connectivity index (χ1n) is 4.45. The summed E-state index contributed by atoms with van der Waals surface area (Å²) >= 11 is 1.73. The molecule has 1 N–H and O–H groups in total. The summed E-state index contributed by atoms with van der Waals surface area (Å²) in [6.07, 6.45) is 2.04. The average molecular weight is 215 g/mol. The quantitative estimate of drug-likeness (QED) is 0.738. The second kappa shape index (κ2) is 6.25. The predicted molar refractivity (Wildman–Crippen MR) is 57.5 cm³/mol. The van der Waals surface area contributed by atoms with Crippen LogP contribution in [-0.2, 0) is 11.1 Å². The van der Waals surface area contributed by atoms with Crippen molar-refractivity contribution in [3.8, 4) is 0 Å². The highest BCUT2D eigenvalue weighted by Crippen LogP contribution is 2.13. The van der Waals surface area contributed by atoms with E-state index in [4.69, 9.17) is 0 Å². The molecule has 1 rings (SSSR count). The highest BCUT2D eigenvalue weighted by Gasteiger charge is 2.05. The van der Waals surface area contributed by atoms with Crippen LogP contribution in [-0.4, -0.2) is 5.78 Å². The number of hydrogen-bond donors (Lipinski definition) is 1. The van der Waals surface area contributed by atoms with E-state index in [0.717, 1.165) is 19.4 Å². The molecule has 1 aromatic heterocycles. The summed E-state index contributed by atoms with van der Waals surface area (Å²) < 4.78 is 10.7. The Morgan fingerprint density at radius 1 is 1.69 bits per heavy atom. The topological polar surface area (TPSA) is 29.1 Å². The lowest BCUT2D eigenvalue weighted by Gasteiger charge is -2.08. The van der Waals surface area contributed by atoms with E-state index in [-0.39, 0.29) is 14.2 Å². The predicted octanol–water partition coefficient (Wildman–Crippen LogP) is 3.26. The Kier molecular flexibility index (Phi) is 5.21. The Morgan fingerprint density at radius 3 is 3.08 bits per heavy atom. The van der Waals surface area contributed by atoms with Gasteiger partial charge in [0.25, 0.3) is 0 Å². The highest BCUT2D eigenvalue weighted by molar-refractivity contribution is 7.24. The van der Waals surface area contributed by atoms with Gasteiger partial charge in [-0.05, 0) is 17.9 Å². The molecule has 0 fully saturated rings. The molecule has 2 nitrogen and oxygen atoms in total. The third-order valence-electron chi connectivity index (χ3n) is 1.78. The van der Waals surface area contributed by atoms with Crippen LogP contribution in [0.2, 0.25) is 0 Å². The number of rotatable bonds is 6. The van der Waals surface area contributed by atoms with Gasteiger partial charge < -0.3 is 0 Å². The normalized spacial score (nSPS) is 13.3. The molecule has 0 aliphatic heterocycles. The first kappa shape index (κ1) is 10.8. The summed E-state index contributed by atoms with van der Waals surface area (Å²) in [5, 5.41) is 5.31. The molecule has 0 aliphatic carbocycles. The molecule has 0 radical (unpaired) electrons. The van der Waals surface area contributed by atoms with Crippen LogP contribution in [0.4, 0.5) is 0 Å². The first-order chi connectivity index (χ1) is 6.36. The lowest BCUT2D eigenvalue weighted by atomic mass is 10.3. The zero-order chi connectivity index (χ0) is 9.52. The lowest BCUT2D eigenvalue weighted by Crippen LogP contribution is -2.22. The van der Waals surface area contributed by atoms with Crippen LogP contribution in [0.25, 0.3) is 0 Å². The molecule has 0 spiro atoms. The summed E-state index contributed by atoms with van der Waals surface area (Å²) in [4.78, 5) is 1.30. The zero-order valence-corrected chi connectivity index (χ0v) is 9.41. The smallest absolute Gasteiger partial charge is 0.174 e. The number of thiophene rings is 1. The molecule has 0 saturated heterocycles. The van der Waals surface area contributed by atoms with Crippen molar-refractivity contribution in [2.45, 2.75) is 32.1 Å². The van der Waals surface area contributed by atoms with Crippen LogP contribution in [0.15, 0.2) is 17.5 Å². The minimum absolute atomic E-state index is 0.118. The number of hydrogen-bond acceptors (Lipinski definition) is 3. The molecular formula is C9H14NOPS. The van der Waals surface area contributed by atoms with E-state index in [2.05, 4.69) is 23.7 Å². The van der Waals surface area contributed by atoms with Crippen LogP contribution >= 0.6 is 19.8 Å². The van der Waals surface area contributed by atoms with Crippen LogP contribution in [0, 0.1) is 0 Å². The molecule has 1 unspecified atom stereocenters. The van der Waals surface area contributed by atoms with E-state index < -0.39 is 0 Å². The molecule has 0 aromatic carbocycles. The Balaban J connectivity index is 2.27. The van der Waals surface area contributed by atoms with E-state index in [1.807, 2.05) is 6.07 Å². The van der Waals surface area contributed by atoms with Crippen molar-refractivity contribution in [2.75, 3.05) is 0 Å². The maximum Gasteiger partial charge on any atom is 0.174 e. The molecule has 13 heavy (non-hydrogen) atoms. The van der Waals surface area contributed by atoms with E-state index in [1.165, 1.54) is 4.88 Å². The molecule has 1 heterocycles. The molecule has 4 heteroatoms. The summed E-state index contributed by atoms with van der Waals surface area (Å²) in [5.74, 6) is 0.118. The van der Waals surface area contributed by atoms with Crippen molar-refractivity contribution in [1.82, 2.24) is 5.32 Å². The standard InChI is InChI=1S/C9H14NOPS/c1-2-4-9(12-11)10-7-8-5-3-6-13-8/h3,5-6,9-10H,2,4,7H2,1H3. The fourth-order valence-electron chi connectivity index (χ4n) is 1.10. The molecule has 0 saturated carbocycles. The summed E-state index contributed by atoms with van der Waals surface area (Å²) in [7, 11) is 0.210. The lowest BCUT2D eigenvalue weighted by molar-refractivity contribution is 0.550. The van der Waals surface area contributed by atoms with Crippen LogP contribution < -0.4 is 5.32 Å². The summed E-state index contributed by atoms with van der Waals surface area (Å²) in [6, 6.07) is 4.12. The maximum atomic E-state index is 10.7. The molecule has 72 valence electrons. The molecular weight excluding hydrogens is 201 g/mol. The van der Waals surface area contributed by atoms with Crippen molar-refractivity contribution < 1.29 is 4.57 Å². The third-order valence-corrected chi connectivity index (χ3v) is 3.35. The van der Waals surface area contributed by atoms with Crippen molar-refractivity contribution in [3.63, 3.8) is 0 Å². The second-order valence-electron chi connectivity index (χ2n) is 2.87. The van der Waals surface area contributed by atoms with Gasteiger partial charge in [-0.2, -0.15) is 0 Å². The van der Waals surface area contributed by atoms with E-state index >= 15 is 0 Å². The van der Waals surface area contributed by atoms with Crippen LogP contribution in [0.5, 0.6) is 0 Å². The van der Waals surface area contributed by atoms with Gasteiger partial charge in [0.15, 0.2) is 8.46 Å². The van der Waals surface area contributed by atoms with Crippen molar-refractivity contribution in [3.05, 3.63) is 22.4 Å². The minimum atomic E-state index is 0.118. The number of nitrogens with one attached hydrogen (secondary N) is 1. The Labute approximate surface area is 84.6 Å². The van der Waals surface area contributed by atoms with Gasteiger partial charge in [0.1, 0.15) is 0 Å². The van der Waals surface area contributed by atoms with Crippen LogP contribution in [0.1, 0.15) is 24.6 Å². The van der Waals surface area contributed by atoms with Gasteiger partial charge >= 0.3 is 0 Å². The van der Waals surface area contributed by atoms with Crippen molar-refractivity contribution >= 4 is 19.8 Å². The molecule has 0 bridgehead atoms. The molecule has 0 aliphatic rings. The largest absolute Gasteiger partial charge is 0.299 e. The fraction of sp³-hybridized carbons (Fsp3) is 0.556. The van der Waals surface area contributed by atoms with Gasteiger partial charge in [0, 0.05) is 11.4 Å². The molecule has 1 aromatic rings. The van der Waals surface area contributed by atoms with E-state index in [1.54, 1.807) is 11.3 Å². The average Bonchev–Trinajstić information content (AvgIpc) is 2.64. The fourth-order valence-corrected chi connectivity index (χ4v) is 2.28. The van der Waals surface area contributed by atoms with Crippen molar-refractivity contribution in [1.29, 1.82) is 0 Å². The minimum Gasteiger partial charge on any atom is -0.299 e. The second-order valence-corrected chi connectivity index (χ2v) is 4.74. The van der Waals surface area contributed by atoms with Crippen LogP contribution in [0.3, 0.4) is 0 Å². The van der Waals surface area contributed by atoms with Gasteiger partial charge in [-0.25, -0.2) is 0 Å². The SMILES string of the molecule is CCCC(NCc1cccs1)P=O. The zero-order valence-electron chi connectivity index (χ0n) is 7.69. The van der Waals surface area contributed by atoms with Gasteiger partial charge in [0.05, 0.1) is 5.78 Å². The summed E-state index contributed by atoms with van der Waals surface area (Å²) in [5.41, 5.74) is 0. The maximum absolute atomic E-state index is 10.7. The van der Waals surface area contributed by atoms with E-state index in [0.29, 0.717) is 0 Å². The van der Waals surface area contributed by atoms with Gasteiger partial charge in [-0.15, -0.1) is 11.3 Å². The van der Waals surface area contributed by atoms with Crippen molar-refractivity contribution in [2.24, 2.45) is 0 Å². The third kappa shape index (κ3) is 3.99. The highest BCUT2D eigenvalue weighted by atomic mass is 32.1. The monoisotopic (exact) mass is 215 g/mol. The summed E-state index contributed by atoms with van der Waals surface area (Å²) in [6.45, 7) is 2.93. The molecule has 0 amide bonds. The Hall–Kier alpha value is -0.240. The van der Waals surface area contributed by atoms with Gasteiger partial charge in [-0.1, -0.05) is 19.4 Å². The van der Waals surface area contributed by atoms with E-state index in [9.17, 15) is 4.57 Å².